The molecule has 1 aromatic heterocycles. The first-order valence-corrected chi connectivity index (χ1v) is 7.39. The normalized spacial score (nSPS) is 13.2. The topological polar surface area (TPSA) is 173 Å². The van der Waals surface area contributed by atoms with Gasteiger partial charge in [0, 0.05) is 38.0 Å². The number of aromatic nitrogens is 1. The highest BCUT2D eigenvalue weighted by Gasteiger charge is 2.21. The second-order valence-electron chi connectivity index (χ2n) is 4.91. The minimum atomic E-state index is -1.09. The van der Waals surface area contributed by atoms with E-state index in [1.54, 1.807) is 18.3 Å². The van der Waals surface area contributed by atoms with Crippen molar-refractivity contribution in [1.29, 1.82) is 0 Å². The third-order valence-electron chi connectivity index (χ3n) is 2.96. The van der Waals surface area contributed by atoms with Crippen molar-refractivity contribution in [3.63, 3.8) is 0 Å². The van der Waals surface area contributed by atoms with Crippen molar-refractivity contribution in [1.82, 2.24) is 10.3 Å². The van der Waals surface area contributed by atoms with E-state index in [-0.39, 0.29) is 25.3 Å². The molecule has 0 unspecified atom stereocenters. The first-order chi connectivity index (χ1) is 11.9. The number of hydrogen-bond donors (Lipinski definition) is 4. The molecule has 0 spiro atoms. The number of rotatable bonds is 7. The van der Waals surface area contributed by atoms with Crippen molar-refractivity contribution >= 4 is 29.7 Å². The SMILES string of the molecule is NC(=O)c1cccnc1.NCCC(=O)N[C@H](CC1=NCN=C1)C(=O)O. The number of hydrogen-bond acceptors (Lipinski definition) is 7. The predicted molar refractivity (Wildman–Crippen MR) is 91.4 cm³/mol. The van der Waals surface area contributed by atoms with Crippen LogP contribution in [0.1, 0.15) is 23.2 Å². The van der Waals surface area contributed by atoms with Crippen LogP contribution in [0.3, 0.4) is 0 Å². The Balaban J connectivity index is 0.000000293. The molecule has 0 bridgehead atoms. The van der Waals surface area contributed by atoms with Crippen LogP contribution in [0, 0.1) is 0 Å². The molecule has 6 N–H and O–H groups in total. The Morgan fingerprint density at radius 1 is 1.36 bits per heavy atom. The Morgan fingerprint density at radius 2 is 2.12 bits per heavy atom. The van der Waals surface area contributed by atoms with Crippen LogP contribution in [-0.2, 0) is 9.59 Å². The molecular formula is C15H20N6O4. The van der Waals surface area contributed by atoms with Gasteiger partial charge in [-0.05, 0) is 12.1 Å². The zero-order valence-corrected chi connectivity index (χ0v) is 13.5. The molecule has 1 aliphatic heterocycles. The van der Waals surface area contributed by atoms with Crippen LogP contribution in [0.5, 0.6) is 0 Å². The van der Waals surface area contributed by atoms with Crippen LogP contribution >= 0.6 is 0 Å². The number of nitrogens with zero attached hydrogens (tertiary/aromatic N) is 3. The summed E-state index contributed by atoms with van der Waals surface area (Å²) in [6.07, 6.45) is 4.80. The molecule has 0 saturated carbocycles. The number of carboxylic acid groups (broad SMARTS) is 1. The number of carbonyl (C=O) groups excluding carboxylic acids is 2. The minimum absolute atomic E-state index is 0.115. The lowest BCUT2D eigenvalue weighted by atomic mass is 10.1. The number of nitrogens with one attached hydrogen (secondary N) is 1. The summed E-state index contributed by atoms with van der Waals surface area (Å²) in [6.45, 7) is 0.527. The second-order valence-corrected chi connectivity index (χ2v) is 4.91. The number of aliphatic imine (C=N–C) groups is 2. The van der Waals surface area contributed by atoms with Gasteiger partial charge in [-0.3, -0.25) is 24.6 Å². The molecular weight excluding hydrogens is 328 g/mol. The van der Waals surface area contributed by atoms with Crippen LogP contribution in [0.15, 0.2) is 34.5 Å². The molecule has 1 aromatic rings. The standard InChI is InChI=1S/C9H14N4O3.C6H6N2O/c10-2-1-8(14)13-7(9(15)16)3-6-4-11-5-12-6;7-6(9)5-2-1-3-8-4-5/h4,7H,1-3,5,10H2,(H,13,14)(H,15,16);1-4H,(H2,7,9)/t7-;/m1./s1. The van der Waals surface area contributed by atoms with Crippen molar-refractivity contribution in [3.8, 4) is 0 Å². The Morgan fingerprint density at radius 3 is 2.56 bits per heavy atom. The van der Waals surface area contributed by atoms with Gasteiger partial charge in [-0.15, -0.1) is 0 Å². The van der Waals surface area contributed by atoms with E-state index >= 15 is 0 Å². The zero-order chi connectivity index (χ0) is 18.7. The third kappa shape index (κ3) is 7.79. The molecule has 1 aliphatic rings. The van der Waals surface area contributed by atoms with Crippen LogP contribution in [-0.4, -0.2) is 59.1 Å². The van der Waals surface area contributed by atoms with E-state index < -0.39 is 17.9 Å². The summed E-state index contributed by atoms with van der Waals surface area (Å²) in [6, 6.07) is 2.32. The fraction of sp³-hybridized carbons (Fsp3) is 0.333. The smallest absolute Gasteiger partial charge is 0.326 e. The maximum Gasteiger partial charge on any atom is 0.326 e. The van der Waals surface area contributed by atoms with Gasteiger partial charge in [0.2, 0.25) is 11.8 Å². The summed E-state index contributed by atoms with van der Waals surface area (Å²) in [5, 5.41) is 11.3. The number of aliphatic carboxylic acids is 1. The van der Waals surface area contributed by atoms with E-state index in [4.69, 9.17) is 16.6 Å². The molecule has 0 saturated heterocycles. The fourth-order valence-corrected chi connectivity index (χ4v) is 1.75. The summed E-state index contributed by atoms with van der Waals surface area (Å²) in [5.74, 6) is -1.90. The highest BCUT2D eigenvalue weighted by atomic mass is 16.4. The quantitative estimate of drug-likeness (QED) is 0.489. The highest BCUT2D eigenvalue weighted by Crippen LogP contribution is 2.00. The molecule has 1 atom stereocenters. The van der Waals surface area contributed by atoms with Crippen molar-refractivity contribution in [2.45, 2.75) is 18.9 Å². The number of amides is 2. The van der Waals surface area contributed by atoms with Gasteiger partial charge >= 0.3 is 5.97 Å². The molecule has 0 fully saturated rings. The Hall–Kier alpha value is -3.14. The van der Waals surface area contributed by atoms with E-state index in [0.29, 0.717) is 17.9 Å². The molecule has 10 heteroatoms. The Kier molecular flexibility index (Phi) is 8.44. The van der Waals surface area contributed by atoms with Crippen LogP contribution < -0.4 is 16.8 Å². The van der Waals surface area contributed by atoms with Gasteiger partial charge in [0.05, 0.1) is 11.3 Å². The summed E-state index contributed by atoms with van der Waals surface area (Å²) in [4.78, 5) is 44.0. The maximum absolute atomic E-state index is 11.2. The van der Waals surface area contributed by atoms with Crippen molar-refractivity contribution in [3.05, 3.63) is 30.1 Å². The van der Waals surface area contributed by atoms with Gasteiger partial charge in [0.15, 0.2) is 0 Å². The molecule has 134 valence electrons. The average molecular weight is 348 g/mol. The van der Waals surface area contributed by atoms with Crippen LogP contribution in [0.2, 0.25) is 0 Å². The average Bonchev–Trinajstić information content (AvgIpc) is 3.09. The zero-order valence-electron chi connectivity index (χ0n) is 13.5. The van der Waals surface area contributed by atoms with Gasteiger partial charge in [-0.2, -0.15) is 0 Å². The minimum Gasteiger partial charge on any atom is -0.480 e. The van der Waals surface area contributed by atoms with E-state index in [0.717, 1.165) is 0 Å². The van der Waals surface area contributed by atoms with Gasteiger partial charge in [-0.25, -0.2) is 4.79 Å². The van der Waals surface area contributed by atoms with Gasteiger partial charge in [0.1, 0.15) is 12.7 Å². The lowest BCUT2D eigenvalue weighted by Gasteiger charge is -2.13. The van der Waals surface area contributed by atoms with Crippen molar-refractivity contribution in [2.75, 3.05) is 13.2 Å². The van der Waals surface area contributed by atoms with Crippen LogP contribution in [0.4, 0.5) is 0 Å². The molecule has 10 nitrogen and oxygen atoms in total. The molecule has 25 heavy (non-hydrogen) atoms. The van der Waals surface area contributed by atoms with E-state index in [9.17, 15) is 14.4 Å². The lowest BCUT2D eigenvalue weighted by molar-refractivity contribution is -0.141. The monoisotopic (exact) mass is 348 g/mol. The third-order valence-corrected chi connectivity index (χ3v) is 2.96. The van der Waals surface area contributed by atoms with Gasteiger partial charge in [0.25, 0.3) is 0 Å². The van der Waals surface area contributed by atoms with Crippen LogP contribution in [0.25, 0.3) is 0 Å². The number of pyridine rings is 1. The van der Waals surface area contributed by atoms with E-state index in [1.165, 1.54) is 12.4 Å². The Labute approximate surface area is 144 Å². The first-order valence-electron chi connectivity index (χ1n) is 7.39. The summed E-state index contributed by atoms with van der Waals surface area (Å²) in [7, 11) is 0. The molecule has 2 heterocycles. The molecule has 2 rings (SSSR count). The van der Waals surface area contributed by atoms with Gasteiger partial charge in [-0.1, -0.05) is 0 Å². The summed E-state index contributed by atoms with van der Waals surface area (Å²) >= 11 is 0. The predicted octanol–water partition coefficient (Wildman–Crippen LogP) is -1.04. The fourth-order valence-electron chi connectivity index (χ4n) is 1.75. The molecule has 2 amide bonds. The maximum atomic E-state index is 11.2. The largest absolute Gasteiger partial charge is 0.480 e. The number of carboxylic acids is 1. The van der Waals surface area contributed by atoms with E-state index in [2.05, 4.69) is 20.3 Å². The highest BCUT2D eigenvalue weighted by molar-refractivity contribution is 6.32. The number of nitrogens with two attached hydrogens (primary N) is 2. The summed E-state index contributed by atoms with van der Waals surface area (Å²) < 4.78 is 0. The summed E-state index contributed by atoms with van der Waals surface area (Å²) in [5.41, 5.74) is 11.2. The number of carbonyl (C=O) groups is 3. The van der Waals surface area contributed by atoms with Crippen molar-refractivity contribution in [2.24, 2.45) is 21.5 Å². The van der Waals surface area contributed by atoms with E-state index in [1.807, 2.05) is 0 Å². The molecule has 0 aliphatic carbocycles. The molecule has 0 aromatic carbocycles. The first kappa shape index (κ1) is 19.9. The van der Waals surface area contributed by atoms with Gasteiger partial charge < -0.3 is 21.9 Å². The molecule has 0 radical (unpaired) electrons. The number of primary amides is 1. The second kappa shape index (κ2) is 10.6. The van der Waals surface area contributed by atoms with Crippen molar-refractivity contribution < 1.29 is 19.5 Å². The Bertz CT molecular complexity index is 659. The lowest BCUT2D eigenvalue weighted by Crippen LogP contribution is -2.42.